The monoisotopic (exact) mass is 465 g/mol. The lowest BCUT2D eigenvalue weighted by Crippen LogP contribution is -2.38. The molecule has 2 aromatic carbocycles. The Kier molecular flexibility index (Phi) is 13.4. The van der Waals surface area contributed by atoms with Gasteiger partial charge in [-0.2, -0.15) is 0 Å². The van der Waals surface area contributed by atoms with Crippen LogP contribution in [0.5, 0.6) is 0 Å². The standard InChI is InChI=1S/C26H37NO3.ClH.H2O/c1-18(2)27(19(3)4)14-13-24(22-9-7-6-8-10-22)25-16-21(17-28)11-12-23(25)15-20(5)26(29)30;;/h6-12,16,18-20,24,28H,13-15,17H2,1-5H3,(H,29,30);1H;1H2/t20-,24?;;/m1../s1. The lowest BCUT2D eigenvalue weighted by atomic mass is 9.82. The van der Waals surface area contributed by atoms with Crippen LogP contribution in [0, 0.1) is 5.92 Å². The van der Waals surface area contributed by atoms with E-state index in [1.165, 1.54) is 5.56 Å². The summed E-state index contributed by atoms with van der Waals surface area (Å²) >= 11 is 0. The van der Waals surface area contributed by atoms with Gasteiger partial charge in [0, 0.05) is 18.0 Å². The van der Waals surface area contributed by atoms with Gasteiger partial charge in [-0.1, -0.05) is 55.5 Å². The summed E-state index contributed by atoms with van der Waals surface area (Å²) in [6.07, 6.45) is 1.42. The number of hydrogen-bond donors (Lipinski definition) is 2. The van der Waals surface area contributed by atoms with E-state index in [0.29, 0.717) is 18.5 Å². The van der Waals surface area contributed by atoms with Gasteiger partial charge in [-0.15, -0.1) is 12.4 Å². The molecule has 0 aliphatic carbocycles. The third-order valence-corrected chi connectivity index (χ3v) is 5.92. The predicted octanol–water partition coefficient (Wildman–Crippen LogP) is 4.68. The number of rotatable bonds is 11. The third kappa shape index (κ3) is 8.21. The van der Waals surface area contributed by atoms with Gasteiger partial charge in [0.2, 0.25) is 0 Å². The molecule has 2 aromatic rings. The topological polar surface area (TPSA) is 92.3 Å². The Balaban J connectivity index is 0.00000480. The molecule has 6 heteroatoms. The first-order chi connectivity index (χ1) is 14.2. The van der Waals surface area contributed by atoms with Crippen molar-refractivity contribution < 1.29 is 20.5 Å². The highest BCUT2D eigenvalue weighted by atomic mass is 35.5. The van der Waals surface area contributed by atoms with Crippen molar-refractivity contribution in [2.75, 3.05) is 6.54 Å². The number of carboxylic acids is 1. The molecule has 0 saturated carbocycles. The van der Waals surface area contributed by atoms with Gasteiger partial charge in [0.25, 0.3) is 0 Å². The van der Waals surface area contributed by atoms with E-state index < -0.39 is 11.9 Å². The van der Waals surface area contributed by atoms with Crippen LogP contribution in [-0.2, 0) is 17.8 Å². The van der Waals surface area contributed by atoms with Crippen molar-refractivity contribution in [1.82, 2.24) is 4.90 Å². The highest BCUT2D eigenvalue weighted by Crippen LogP contribution is 2.33. The molecule has 0 aliphatic heterocycles. The van der Waals surface area contributed by atoms with Crippen LogP contribution >= 0.6 is 12.4 Å². The minimum atomic E-state index is -0.783. The van der Waals surface area contributed by atoms with Crippen molar-refractivity contribution in [2.45, 2.75) is 72.1 Å². The van der Waals surface area contributed by atoms with Crippen LogP contribution in [0.1, 0.15) is 69.2 Å². The van der Waals surface area contributed by atoms with Gasteiger partial charge in [0.1, 0.15) is 0 Å². The summed E-state index contributed by atoms with van der Waals surface area (Å²) in [5.74, 6) is -1.09. The summed E-state index contributed by atoms with van der Waals surface area (Å²) in [5.41, 5.74) is 4.27. The molecular weight excluding hydrogens is 426 g/mol. The Hall–Kier alpha value is -1.92. The maximum Gasteiger partial charge on any atom is 0.306 e. The van der Waals surface area contributed by atoms with Crippen LogP contribution in [-0.4, -0.2) is 45.2 Å². The number of aliphatic hydroxyl groups is 1. The number of benzene rings is 2. The number of halogens is 1. The molecule has 5 nitrogen and oxygen atoms in total. The summed E-state index contributed by atoms with van der Waals surface area (Å²) in [6, 6.07) is 17.3. The summed E-state index contributed by atoms with van der Waals surface area (Å²) in [7, 11) is 0. The average molecular weight is 466 g/mol. The lowest BCUT2D eigenvalue weighted by Gasteiger charge is -2.33. The van der Waals surface area contributed by atoms with Gasteiger partial charge in [0.05, 0.1) is 12.5 Å². The van der Waals surface area contributed by atoms with E-state index in [1.54, 1.807) is 6.92 Å². The maximum atomic E-state index is 11.5. The zero-order valence-corrected chi connectivity index (χ0v) is 20.7. The molecule has 0 spiro atoms. The number of carboxylic acid groups (broad SMARTS) is 1. The Morgan fingerprint density at radius 1 is 0.969 bits per heavy atom. The predicted molar refractivity (Wildman–Crippen MR) is 134 cm³/mol. The van der Waals surface area contributed by atoms with Crippen molar-refractivity contribution in [3.63, 3.8) is 0 Å². The normalized spacial score (nSPS) is 12.9. The number of nitrogens with zero attached hydrogens (tertiary/aromatic N) is 1. The summed E-state index contributed by atoms with van der Waals surface area (Å²) in [4.78, 5) is 14.0. The quantitative estimate of drug-likeness (QED) is 0.503. The first-order valence-electron chi connectivity index (χ1n) is 11.0. The van der Waals surface area contributed by atoms with E-state index in [0.717, 1.165) is 29.7 Å². The molecule has 2 atom stereocenters. The SMILES string of the molecule is CC(C)N(CCC(c1ccccc1)c1cc(CO)ccc1C[C@@H](C)C(=O)O)C(C)C.Cl.O. The largest absolute Gasteiger partial charge is 0.481 e. The van der Waals surface area contributed by atoms with Gasteiger partial charge >= 0.3 is 5.97 Å². The summed E-state index contributed by atoms with van der Waals surface area (Å²) < 4.78 is 0. The molecule has 0 radical (unpaired) electrons. The Bertz CT molecular complexity index is 803. The van der Waals surface area contributed by atoms with Crippen molar-refractivity contribution >= 4 is 18.4 Å². The Morgan fingerprint density at radius 2 is 1.56 bits per heavy atom. The first-order valence-corrected chi connectivity index (χ1v) is 11.0. The second kappa shape index (κ2) is 14.3. The fourth-order valence-corrected chi connectivity index (χ4v) is 4.25. The summed E-state index contributed by atoms with van der Waals surface area (Å²) in [6.45, 7) is 11.6. The van der Waals surface area contributed by atoms with E-state index in [4.69, 9.17) is 0 Å². The van der Waals surface area contributed by atoms with Crippen molar-refractivity contribution in [1.29, 1.82) is 0 Å². The van der Waals surface area contributed by atoms with Gasteiger partial charge in [-0.25, -0.2) is 0 Å². The molecular formula is C26H40ClNO4. The van der Waals surface area contributed by atoms with E-state index in [-0.39, 0.29) is 30.4 Å². The van der Waals surface area contributed by atoms with Crippen LogP contribution < -0.4 is 0 Å². The number of carbonyl (C=O) groups is 1. The lowest BCUT2D eigenvalue weighted by molar-refractivity contribution is -0.141. The average Bonchev–Trinajstić information content (AvgIpc) is 2.71. The zero-order valence-electron chi connectivity index (χ0n) is 19.9. The van der Waals surface area contributed by atoms with Crippen LogP contribution in [0.4, 0.5) is 0 Å². The highest BCUT2D eigenvalue weighted by Gasteiger charge is 2.23. The molecule has 0 aliphatic rings. The molecule has 1 unspecified atom stereocenters. The maximum absolute atomic E-state index is 11.5. The minimum Gasteiger partial charge on any atom is -0.481 e. The van der Waals surface area contributed by atoms with E-state index >= 15 is 0 Å². The summed E-state index contributed by atoms with van der Waals surface area (Å²) in [5, 5.41) is 19.2. The van der Waals surface area contributed by atoms with Gasteiger partial charge in [0.15, 0.2) is 0 Å². The van der Waals surface area contributed by atoms with Crippen molar-refractivity contribution in [3.8, 4) is 0 Å². The fourth-order valence-electron chi connectivity index (χ4n) is 4.25. The van der Waals surface area contributed by atoms with E-state index in [9.17, 15) is 15.0 Å². The zero-order chi connectivity index (χ0) is 22.3. The third-order valence-electron chi connectivity index (χ3n) is 5.92. The minimum absolute atomic E-state index is 0. The molecule has 0 aromatic heterocycles. The molecule has 0 fully saturated rings. The van der Waals surface area contributed by atoms with Crippen LogP contribution in [0.2, 0.25) is 0 Å². The second-order valence-corrected chi connectivity index (χ2v) is 8.81. The molecule has 4 N–H and O–H groups in total. The number of aliphatic hydroxyl groups excluding tert-OH is 1. The Morgan fingerprint density at radius 3 is 2.06 bits per heavy atom. The molecule has 0 saturated heterocycles. The fraction of sp³-hybridized carbons (Fsp3) is 0.500. The molecule has 0 amide bonds. The van der Waals surface area contributed by atoms with Crippen molar-refractivity contribution in [3.05, 3.63) is 70.8 Å². The molecule has 2 rings (SSSR count). The smallest absolute Gasteiger partial charge is 0.306 e. The van der Waals surface area contributed by atoms with E-state index in [1.807, 2.05) is 18.2 Å². The number of hydrogen-bond acceptors (Lipinski definition) is 3. The van der Waals surface area contributed by atoms with Crippen LogP contribution in [0.15, 0.2) is 48.5 Å². The highest BCUT2D eigenvalue weighted by molar-refractivity contribution is 5.85. The van der Waals surface area contributed by atoms with Gasteiger partial charge < -0.3 is 15.7 Å². The second-order valence-electron chi connectivity index (χ2n) is 8.81. The molecule has 0 bridgehead atoms. The van der Waals surface area contributed by atoms with Crippen molar-refractivity contribution in [2.24, 2.45) is 5.92 Å². The molecule has 32 heavy (non-hydrogen) atoms. The van der Waals surface area contributed by atoms with Gasteiger partial charge in [-0.3, -0.25) is 9.69 Å². The van der Waals surface area contributed by atoms with Crippen LogP contribution in [0.25, 0.3) is 0 Å². The van der Waals surface area contributed by atoms with Gasteiger partial charge in [-0.05, 0) is 69.3 Å². The molecule has 180 valence electrons. The van der Waals surface area contributed by atoms with E-state index in [2.05, 4.69) is 62.9 Å². The molecule has 0 heterocycles. The van der Waals surface area contributed by atoms with Crippen LogP contribution in [0.3, 0.4) is 0 Å². The first kappa shape index (κ1) is 30.1. The Labute approximate surface area is 199 Å². The number of aliphatic carboxylic acids is 1.